The highest BCUT2D eigenvalue weighted by atomic mass is 19.1. The Hall–Kier alpha value is -3.59. The molecule has 0 aliphatic heterocycles. The van der Waals surface area contributed by atoms with Crippen molar-refractivity contribution in [1.29, 1.82) is 0 Å². The Balaban J connectivity index is 2.08. The largest absolute Gasteiger partial charge is 0.293 e. The standard InChI is InChI=1S/C18H15FN4O4/c1-2-27-21-18(24)17-11-16(14-5-3-4-6-15(14)19)20-22(17)12-7-9-13(10-8-12)23(25)26/h3-11H,2H2,1H3,(H,21,24). The molecule has 0 saturated carbocycles. The number of nitro groups is 1. The number of benzene rings is 2. The van der Waals surface area contributed by atoms with Gasteiger partial charge in [-0.2, -0.15) is 5.10 Å². The van der Waals surface area contributed by atoms with E-state index in [9.17, 15) is 19.3 Å². The molecule has 1 heterocycles. The van der Waals surface area contributed by atoms with Crippen LogP contribution >= 0.6 is 0 Å². The zero-order valence-electron chi connectivity index (χ0n) is 14.3. The van der Waals surface area contributed by atoms with E-state index in [4.69, 9.17) is 4.84 Å². The fraction of sp³-hybridized carbons (Fsp3) is 0.111. The summed E-state index contributed by atoms with van der Waals surface area (Å²) in [5.74, 6) is -1.06. The van der Waals surface area contributed by atoms with E-state index >= 15 is 0 Å². The summed E-state index contributed by atoms with van der Waals surface area (Å²) < 4.78 is 15.4. The van der Waals surface area contributed by atoms with Crippen LogP contribution in [0.15, 0.2) is 54.6 Å². The van der Waals surface area contributed by atoms with Gasteiger partial charge in [-0.1, -0.05) is 12.1 Å². The fourth-order valence-corrected chi connectivity index (χ4v) is 2.45. The SMILES string of the molecule is CCONC(=O)c1cc(-c2ccccc2F)nn1-c1ccc([N+](=O)[O-])cc1. The lowest BCUT2D eigenvalue weighted by Crippen LogP contribution is -2.26. The number of rotatable bonds is 6. The number of carbonyl (C=O) groups is 1. The van der Waals surface area contributed by atoms with Gasteiger partial charge in [0, 0.05) is 17.7 Å². The van der Waals surface area contributed by atoms with E-state index in [1.165, 1.54) is 41.1 Å². The number of carbonyl (C=O) groups excluding carboxylic acids is 1. The molecule has 0 aliphatic rings. The summed E-state index contributed by atoms with van der Waals surface area (Å²) in [4.78, 5) is 27.6. The maximum absolute atomic E-state index is 14.1. The average molecular weight is 370 g/mol. The molecule has 2 aromatic carbocycles. The van der Waals surface area contributed by atoms with Gasteiger partial charge in [-0.05, 0) is 37.3 Å². The maximum atomic E-state index is 14.1. The summed E-state index contributed by atoms with van der Waals surface area (Å²) in [5, 5.41) is 15.1. The van der Waals surface area contributed by atoms with Gasteiger partial charge in [0.15, 0.2) is 0 Å². The first-order valence-corrected chi connectivity index (χ1v) is 8.03. The number of hydrogen-bond acceptors (Lipinski definition) is 5. The van der Waals surface area contributed by atoms with Crippen molar-refractivity contribution in [2.24, 2.45) is 0 Å². The number of nitro benzene ring substituents is 1. The second kappa shape index (κ2) is 7.75. The number of non-ortho nitro benzene ring substituents is 1. The van der Waals surface area contributed by atoms with Crippen molar-refractivity contribution < 1.29 is 18.9 Å². The molecule has 138 valence electrons. The van der Waals surface area contributed by atoms with Crippen LogP contribution in [0.5, 0.6) is 0 Å². The van der Waals surface area contributed by atoms with Gasteiger partial charge < -0.3 is 0 Å². The van der Waals surface area contributed by atoms with E-state index in [0.29, 0.717) is 5.69 Å². The highest BCUT2D eigenvalue weighted by Crippen LogP contribution is 2.25. The summed E-state index contributed by atoms with van der Waals surface area (Å²) in [5.41, 5.74) is 3.14. The van der Waals surface area contributed by atoms with Gasteiger partial charge in [0.1, 0.15) is 11.5 Å². The van der Waals surface area contributed by atoms with E-state index < -0.39 is 16.6 Å². The third-order valence-electron chi connectivity index (χ3n) is 3.71. The Morgan fingerprint density at radius 1 is 1.26 bits per heavy atom. The summed E-state index contributed by atoms with van der Waals surface area (Å²) in [7, 11) is 0. The molecule has 0 aliphatic carbocycles. The van der Waals surface area contributed by atoms with Crippen LogP contribution in [0.4, 0.5) is 10.1 Å². The van der Waals surface area contributed by atoms with E-state index in [1.54, 1.807) is 25.1 Å². The lowest BCUT2D eigenvalue weighted by atomic mass is 10.1. The van der Waals surface area contributed by atoms with Crippen molar-refractivity contribution in [1.82, 2.24) is 15.3 Å². The number of halogens is 1. The van der Waals surface area contributed by atoms with Gasteiger partial charge in [-0.3, -0.25) is 19.7 Å². The number of hydroxylamine groups is 1. The van der Waals surface area contributed by atoms with Crippen LogP contribution in [0.25, 0.3) is 16.9 Å². The van der Waals surface area contributed by atoms with E-state index in [-0.39, 0.29) is 29.2 Å². The Labute approximate surface area is 153 Å². The minimum absolute atomic E-state index is 0.0931. The predicted octanol–water partition coefficient (Wildman–Crippen LogP) is 3.27. The molecule has 0 unspecified atom stereocenters. The van der Waals surface area contributed by atoms with Crippen molar-refractivity contribution in [3.8, 4) is 16.9 Å². The number of aromatic nitrogens is 2. The van der Waals surface area contributed by atoms with E-state index in [0.717, 1.165) is 0 Å². The van der Waals surface area contributed by atoms with Gasteiger partial charge in [-0.15, -0.1) is 0 Å². The number of hydrogen-bond donors (Lipinski definition) is 1. The molecule has 1 aromatic heterocycles. The van der Waals surface area contributed by atoms with Crippen molar-refractivity contribution in [3.05, 3.63) is 76.2 Å². The second-order valence-electron chi connectivity index (χ2n) is 5.44. The smallest absolute Gasteiger partial charge is 0.274 e. The molecular weight excluding hydrogens is 355 g/mol. The molecule has 0 bridgehead atoms. The first kappa shape index (κ1) is 18.2. The molecule has 27 heavy (non-hydrogen) atoms. The maximum Gasteiger partial charge on any atom is 0.293 e. The molecule has 0 saturated heterocycles. The van der Waals surface area contributed by atoms with Crippen molar-refractivity contribution in [2.45, 2.75) is 6.92 Å². The van der Waals surface area contributed by atoms with Crippen molar-refractivity contribution >= 4 is 11.6 Å². The Morgan fingerprint density at radius 2 is 1.96 bits per heavy atom. The Morgan fingerprint density at radius 3 is 2.59 bits per heavy atom. The molecular formula is C18H15FN4O4. The molecule has 0 spiro atoms. The van der Waals surface area contributed by atoms with Gasteiger partial charge in [0.2, 0.25) is 0 Å². The van der Waals surface area contributed by atoms with Crippen molar-refractivity contribution in [3.63, 3.8) is 0 Å². The first-order valence-electron chi connectivity index (χ1n) is 8.03. The molecule has 0 radical (unpaired) electrons. The lowest BCUT2D eigenvalue weighted by Gasteiger charge is -2.07. The summed E-state index contributed by atoms with van der Waals surface area (Å²) in [6.07, 6.45) is 0. The van der Waals surface area contributed by atoms with Crippen LogP contribution in [-0.2, 0) is 4.84 Å². The van der Waals surface area contributed by atoms with Gasteiger partial charge in [0.25, 0.3) is 11.6 Å². The monoisotopic (exact) mass is 370 g/mol. The normalized spacial score (nSPS) is 10.6. The molecule has 9 heteroatoms. The van der Waals surface area contributed by atoms with Crippen LogP contribution < -0.4 is 5.48 Å². The summed E-state index contributed by atoms with van der Waals surface area (Å²) in [6.45, 7) is 1.97. The van der Waals surface area contributed by atoms with Gasteiger partial charge in [0.05, 0.1) is 22.9 Å². The van der Waals surface area contributed by atoms with Crippen LogP contribution in [-0.4, -0.2) is 27.2 Å². The molecule has 0 atom stereocenters. The van der Waals surface area contributed by atoms with Crippen LogP contribution in [0.1, 0.15) is 17.4 Å². The van der Waals surface area contributed by atoms with Crippen LogP contribution in [0, 0.1) is 15.9 Å². The zero-order valence-corrected chi connectivity index (χ0v) is 14.3. The quantitative estimate of drug-likeness (QED) is 0.530. The summed E-state index contributed by atoms with van der Waals surface area (Å²) in [6, 6.07) is 13.0. The highest BCUT2D eigenvalue weighted by molar-refractivity contribution is 5.93. The zero-order chi connectivity index (χ0) is 19.4. The number of nitrogens with zero attached hydrogens (tertiary/aromatic N) is 3. The molecule has 1 amide bonds. The molecule has 3 rings (SSSR count). The number of amides is 1. The van der Waals surface area contributed by atoms with Gasteiger partial charge >= 0.3 is 0 Å². The number of nitrogens with one attached hydrogen (secondary N) is 1. The van der Waals surface area contributed by atoms with E-state index in [2.05, 4.69) is 10.6 Å². The predicted molar refractivity (Wildman–Crippen MR) is 94.7 cm³/mol. The Kier molecular flexibility index (Phi) is 5.23. The third-order valence-corrected chi connectivity index (χ3v) is 3.71. The second-order valence-corrected chi connectivity index (χ2v) is 5.44. The molecule has 8 nitrogen and oxygen atoms in total. The molecule has 1 N–H and O–H groups in total. The van der Waals surface area contributed by atoms with Gasteiger partial charge in [-0.25, -0.2) is 14.6 Å². The third kappa shape index (κ3) is 3.82. The van der Waals surface area contributed by atoms with E-state index in [1.807, 2.05) is 0 Å². The lowest BCUT2D eigenvalue weighted by molar-refractivity contribution is -0.384. The fourth-order valence-electron chi connectivity index (χ4n) is 2.45. The average Bonchev–Trinajstić information content (AvgIpc) is 3.11. The molecule has 3 aromatic rings. The molecule has 0 fully saturated rings. The Bertz CT molecular complexity index is 985. The van der Waals surface area contributed by atoms with Crippen molar-refractivity contribution in [2.75, 3.05) is 6.61 Å². The topological polar surface area (TPSA) is 99.3 Å². The highest BCUT2D eigenvalue weighted by Gasteiger charge is 2.19. The van der Waals surface area contributed by atoms with Crippen LogP contribution in [0.2, 0.25) is 0 Å². The summed E-state index contributed by atoms with van der Waals surface area (Å²) >= 11 is 0. The minimum atomic E-state index is -0.578. The van der Waals surface area contributed by atoms with Crippen LogP contribution in [0.3, 0.4) is 0 Å². The minimum Gasteiger partial charge on any atom is -0.274 e. The first-order chi connectivity index (χ1) is 13.0.